The molecule has 1 unspecified atom stereocenters. The van der Waals surface area contributed by atoms with E-state index >= 15 is 0 Å². The van der Waals surface area contributed by atoms with Crippen molar-refractivity contribution in [2.75, 3.05) is 6.54 Å². The number of carbonyl (C=O) groups is 1. The van der Waals surface area contributed by atoms with Crippen LogP contribution in [0.3, 0.4) is 0 Å². The number of hydrogen-bond donors (Lipinski definition) is 1. The number of fused-ring (bicyclic) bond motifs is 1. The van der Waals surface area contributed by atoms with Crippen LogP contribution in [-0.2, 0) is 20.8 Å². The van der Waals surface area contributed by atoms with Crippen molar-refractivity contribution in [1.29, 1.82) is 5.26 Å². The Kier molecular flexibility index (Phi) is 14.2. The summed E-state index contributed by atoms with van der Waals surface area (Å²) in [6.45, 7) is 4.99. The summed E-state index contributed by atoms with van der Waals surface area (Å²) in [6, 6.07) is 12.6. The molecule has 0 aromatic heterocycles. The molecule has 0 amide bonds. The van der Waals surface area contributed by atoms with E-state index in [-0.39, 0.29) is 24.8 Å². The minimum atomic E-state index is -4.78. The molecule has 0 saturated heterocycles. The van der Waals surface area contributed by atoms with Crippen molar-refractivity contribution in [3.63, 3.8) is 0 Å². The number of unbranched alkanes of at least 4 members (excludes halogenated alkanes) is 7. The SMILES string of the molecule is CCCCCCCCCCN(C#N)C1C=Cc2ccccc21.CCC[C@H]1C[C@H](S(=O)(=O)c2ccccc2C(F)(F)F)C[C@@H]1C(=O)O. The minimum absolute atomic E-state index is 0.0827. The topological polar surface area (TPSA) is 98.5 Å². The summed E-state index contributed by atoms with van der Waals surface area (Å²) in [5.74, 6) is -2.25. The Bertz CT molecular complexity index is 1450. The van der Waals surface area contributed by atoms with E-state index in [9.17, 15) is 36.8 Å². The fraction of sp³-hybridized carbons (Fsp3) is 0.556. The molecule has 0 aliphatic heterocycles. The van der Waals surface area contributed by atoms with Gasteiger partial charge in [-0.05, 0) is 54.9 Å². The molecule has 6 nitrogen and oxygen atoms in total. The lowest BCUT2D eigenvalue weighted by Gasteiger charge is -2.23. The van der Waals surface area contributed by atoms with E-state index in [0.29, 0.717) is 12.8 Å². The zero-order valence-corrected chi connectivity index (χ0v) is 27.7. The number of carboxylic acids is 1. The molecule has 0 bridgehead atoms. The van der Waals surface area contributed by atoms with Crippen molar-refractivity contribution < 1.29 is 31.5 Å². The highest BCUT2D eigenvalue weighted by atomic mass is 32.2. The van der Waals surface area contributed by atoms with E-state index in [4.69, 9.17) is 0 Å². The lowest BCUT2D eigenvalue weighted by atomic mass is 9.92. The Labute approximate surface area is 272 Å². The summed E-state index contributed by atoms with van der Waals surface area (Å²) >= 11 is 0. The first-order valence-corrected chi connectivity index (χ1v) is 18.1. The Morgan fingerprint density at radius 2 is 1.57 bits per heavy atom. The second kappa shape index (κ2) is 17.6. The van der Waals surface area contributed by atoms with Crippen LogP contribution in [0.4, 0.5) is 13.2 Å². The van der Waals surface area contributed by atoms with Crippen LogP contribution < -0.4 is 0 Å². The normalized spacial score (nSPS) is 20.4. The zero-order chi connectivity index (χ0) is 33.7. The maximum atomic E-state index is 13.1. The fourth-order valence-electron chi connectivity index (χ4n) is 6.62. The van der Waals surface area contributed by atoms with Gasteiger partial charge in [0.1, 0.15) is 0 Å². The monoisotopic (exact) mass is 660 g/mol. The third-order valence-corrected chi connectivity index (χ3v) is 11.3. The predicted molar refractivity (Wildman–Crippen MR) is 174 cm³/mol. The van der Waals surface area contributed by atoms with E-state index in [1.807, 2.05) is 11.8 Å². The Morgan fingerprint density at radius 1 is 0.935 bits per heavy atom. The van der Waals surface area contributed by atoms with Crippen molar-refractivity contribution in [3.8, 4) is 6.19 Å². The number of halogens is 3. The van der Waals surface area contributed by atoms with E-state index in [0.717, 1.165) is 31.2 Å². The summed E-state index contributed by atoms with van der Waals surface area (Å²) in [5.41, 5.74) is 1.32. The quantitative estimate of drug-likeness (QED) is 0.116. The fourth-order valence-corrected chi connectivity index (χ4v) is 8.70. The molecule has 0 heterocycles. The summed E-state index contributed by atoms with van der Waals surface area (Å²) < 4.78 is 64.8. The number of alkyl halides is 3. The van der Waals surface area contributed by atoms with Gasteiger partial charge in [0, 0.05) is 6.54 Å². The highest BCUT2D eigenvalue weighted by Gasteiger charge is 2.46. The summed E-state index contributed by atoms with van der Waals surface area (Å²) in [5, 5.41) is 17.6. The van der Waals surface area contributed by atoms with Crippen molar-refractivity contribution in [2.24, 2.45) is 11.8 Å². The molecule has 4 atom stereocenters. The van der Waals surface area contributed by atoms with Crippen LogP contribution in [0.5, 0.6) is 0 Å². The number of hydrogen-bond acceptors (Lipinski definition) is 5. The van der Waals surface area contributed by atoms with E-state index in [1.165, 1.54) is 62.1 Å². The molecule has 10 heteroatoms. The van der Waals surface area contributed by atoms with E-state index < -0.39 is 43.6 Å². The first kappa shape index (κ1) is 37.1. The lowest BCUT2D eigenvalue weighted by molar-refractivity contribution is -0.143. The Balaban J connectivity index is 0.000000251. The third-order valence-electron chi connectivity index (χ3n) is 9.06. The number of carboxylic acid groups (broad SMARTS) is 1. The van der Waals surface area contributed by atoms with Gasteiger partial charge in [-0.3, -0.25) is 9.69 Å². The van der Waals surface area contributed by atoms with Gasteiger partial charge in [-0.1, -0.05) is 114 Å². The molecule has 2 aliphatic carbocycles. The van der Waals surface area contributed by atoms with E-state index in [1.54, 1.807) is 0 Å². The predicted octanol–water partition coefficient (Wildman–Crippen LogP) is 9.44. The van der Waals surface area contributed by atoms with Crippen molar-refractivity contribution in [2.45, 2.75) is 113 Å². The van der Waals surface area contributed by atoms with Crippen LogP contribution in [0.25, 0.3) is 6.08 Å². The first-order chi connectivity index (χ1) is 21.9. The molecule has 2 aromatic carbocycles. The van der Waals surface area contributed by atoms with Crippen molar-refractivity contribution >= 4 is 21.9 Å². The molecule has 0 spiro atoms. The van der Waals surface area contributed by atoms with Crippen molar-refractivity contribution in [1.82, 2.24) is 4.90 Å². The van der Waals surface area contributed by atoms with Crippen LogP contribution in [0, 0.1) is 23.3 Å². The molecule has 46 heavy (non-hydrogen) atoms. The number of benzene rings is 2. The molecule has 1 fully saturated rings. The average Bonchev–Trinajstić information content (AvgIpc) is 3.66. The maximum absolute atomic E-state index is 13.1. The van der Waals surface area contributed by atoms with Crippen LogP contribution in [0.1, 0.15) is 114 Å². The van der Waals surface area contributed by atoms with Gasteiger partial charge in [-0.25, -0.2) is 8.42 Å². The number of rotatable bonds is 15. The molecule has 2 aliphatic rings. The standard InChI is InChI=1S/C20H28N2.C16H19F3O4S/c1-2-3-4-5-6-7-8-11-16-22(17-21)20-15-14-18-12-9-10-13-19(18)20;1-2-5-10-8-11(9-12(10)15(20)21)24(22,23)14-7-4-3-6-13(14)16(17,18)19/h9-10,12-15,20H,2-8,11,16H2,1H3;3-4,6-7,10-12H,2,5,8-9H2,1H3,(H,20,21)/t;10-,11-,12-/m.0/s1. The second-order valence-corrected chi connectivity index (χ2v) is 14.5. The highest BCUT2D eigenvalue weighted by Crippen LogP contribution is 2.43. The Hall–Kier alpha value is -3.32. The first-order valence-electron chi connectivity index (χ1n) is 16.5. The van der Waals surface area contributed by atoms with Gasteiger partial charge in [-0.15, -0.1) is 0 Å². The number of nitrogens with zero attached hydrogens (tertiary/aromatic N) is 2. The van der Waals surface area contributed by atoms with Gasteiger partial charge < -0.3 is 5.11 Å². The van der Waals surface area contributed by atoms with Crippen LogP contribution in [-0.4, -0.2) is 36.2 Å². The van der Waals surface area contributed by atoms with Crippen LogP contribution >= 0.6 is 0 Å². The van der Waals surface area contributed by atoms with Crippen LogP contribution in [0.2, 0.25) is 0 Å². The summed E-state index contributed by atoms with van der Waals surface area (Å²) in [7, 11) is -4.25. The van der Waals surface area contributed by atoms with Gasteiger partial charge in [0.05, 0.1) is 27.7 Å². The highest BCUT2D eigenvalue weighted by molar-refractivity contribution is 7.92. The number of sulfone groups is 1. The lowest BCUT2D eigenvalue weighted by Crippen LogP contribution is -2.23. The van der Waals surface area contributed by atoms with Gasteiger partial charge in [0.15, 0.2) is 16.0 Å². The van der Waals surface area contributed by atoms with Crippen LogP contribution in [0.15, 0.2) is 59.5 Å². The van der Waals surface area contributed by atoms with Gasteiger partial charge >= 0.3 is 12.1 Å². The molecular formula is C36H47F3N2O4S. The average molecular weight is 661 g/mol. The van der Waals surface area contributed by atoms with E-state index in [2.05, 4.69) is 49.5 Å². The minimum Gasteiger partial charge on any atom is -0.481 e. The van der Waals surface area contributed by atoms with Gasteiger partial charge in [0.2, 0.25) is 0 Å². The largest absolute Gasteiger partial charge is 0.481 e. The molecule has 1 N–H and O–H groups in total. The molecule has 0 radical (unpaired) electrons. The Morgan fingerprint density at radius 3 is 2.20 bits per heavy atom. The smallest absolute Gasteiger partial charge is 0.417 e. The van der Waals surface area contributed by atoms with Gasteiger partial charge in [0.25, 0.3) is 0 Å². The molecule has 1 saturated carbocycles. The summed E-state index contributed by atoms with van der Waals surface area (Å²) in [6.07, 6.45) is 13.5. The van der Waals surface area contributed by atoms with Crippen molar-refractivity contribution in [3.05, 3.63) is 71.3 Å². The third kappa shape index (κ3) is 9.84. The zero-order valence-electron chi connectivity index (χ0n) is 26.9. The molecule has 4 rings (SSSR count). The number of aliphatic carboxylic acids is 1. The maximum Gasteiger partial charge on any atom is 0.417 e. The molecule has 252 valence electrons. The summed E-state index contributed by atoms with van der Waals surface area (Å²) in [4.78, 5) is 12.5. The molecule has 2 aromatic rings. The second-order valence-electron chi connectivity index (χ2n) is 12.3. The van der Waals surface area contributed by atoms with Gasteiger partial charge in [-0.2, -0.15) is 18.4 Å². The molecular weight excluding hydrogens is 613 g/mol. The number of nitriles is 1.